The molecule has 0 saturated heterocycles. The van der Waals surface area contributed by atoms with Crippen LogP contribution in [0.1, 0.15) is 28.7 Å². The molecular weight excluding hydrogens is 625 g/mol. The van der Waals surface area contributed by atoms with Crippen LogP contribution in [0.3, 0.4) is 0 Å². The molecule has 0 unspecified atom stereocenters. The van der Waals surface area contributed by atoms with Gasteiger partial charge in [-0.15, -0.1) is 0 Å². The molecule has 1 aliphatic carbocycles. The maximum absolute atomic E-state index is 5.70. The zero-order chi connectivity index (χ0) is 33.6. The molecule has 246 valence electrons. The van der Waals surface area contributed by atoms with Gasteiger partial charge in [-0.2, -0.15) is 0 Å². The highest BCUT2D eigenvalue weighted by atomic mass is 33.1. The van der Waals surface area contributed by atoms with Gasteiger partial charge >= 0.3 is 0 Å². The van der Waals surface area contributed by atoms with Crippen LogP contribution >= 0.6 is 21.6 Å². The summed E-state index contributed by atoms with van der Waals surface area (Å²) in [5.41, 5.74) is 15.6. The molecule has 0 radical (unpaired) electrons. The van der Waals surface area contributed by atoms with Gasteiger partial charge in [0, 0.05) is 56.0 Å². The van der Waals surface area contributed by atoms with E-state index >= 15 is 0 Å². The Labute approximate surface area is 295 Å². The summed E-state index contributed by atoms with van der Waals surface area (Å²) in [6, 6.07) is 28.4. The molecule has 6 heteroatoms. The van der Waals surface area contributed by atoms with E-state index < -0.39 is 0 Å². The molecule has 4 nitrogen and oxygen atoms in total. The fraction of sp³-hybridized carbons (Fsp3) is 0.214. The van der Waals surface area contributed by atoms with E-state index in [0.29, 0.717) is 0 Å². The van der Waals surface area contributed by atoms with Gasteiger partial charge in [-0.1, -0.05) is 119 Å². The lowest BCUT2D eigenvalue weighted by Gasteiger charge is -2.19. The number of anilines is 1. The van der Waals surface area contributed by atoms with Crippen molar-refractivity contribution in [3.05, 3.63) is 161 Å². The highest BCUT2D eigenvalue weighted by Crippen LogP contribution is 2.24. The van der Waals surface area contributed by atoms with Crippen molar-refractivity contribution in [1.29, 1.82) is 0 Å². The lowest BCUT2D eigenvalue weighted by molar-refractivity contribution is -0.644. The zero-order valence-electron chi connectivity index (χ0n) is 28.3. The third-order valence-corrected chi connectivity index (χ3v) is 10.8. The molecule has 1 aliphatic rings. The van der Waals surface area contributed by atoms with Gasteiger partial charge < -0.3 is 15.5 Å². The fourth-order valence-electron chi connectivity index (χ4n) is 5.58. The second kappa shape index (κ2) is 18.3. The Morgan fingerprint density at radius 2 is 1.54 bits per heavy atom. The number of hydrogen-bond donors (Lipinski definition) is 1. The number of fused-ring (bicyclic) bond motifs is 1. The van der Waals surface area contributed by atoms with E-state index in [1.54, 1.807) is 6.20 Å². The smallest absolute Gasteiger partial charge is 0.212 e. The quantitative estimate of drug-likeness (QED) is 0.0776. The molecule has 0 spiro atoms. The van der Waals surface area contributed by atoms with E-state index in [1.165, 1.54) is 44.4 Å². The molecule has 2 N–H and O–H groups in total. The van der Waals surface area contributed by atoms with Crippen LogP contribution in [-0.4, -0.2) is 43.6 Å². The largest absolute Gasteiger partial charge is 0.405 e. The van der Waals surface area contributed by atoms with E-state index in [1.807, 2.05) is 27.7 Å². The van der Waals surface area contributed by atoms with Crippen LogP contribution in [0.15, 0.2) is 139 Å². The maximum atomic E-state index is 5.70. The Bertz CT molecular complexity index is 1820. The number of hydrogen-bond acceptors (Lipinski definition) is 5. The monoisotopic (exact) mass is 671 g/mol. The van der Waals surface area contributed by atoms with Crippen LogP contribution in [0.25, 0.3) is 29.1 Å². The van der Waals surface area contributed by atoms with Gasteiger partial charge in [0.2, 0.25) is 5.52 Å². The third kappa shape index (κ3) is 10.4. The van der Waals surface area contributed by atoms with Crippen LogP contribution in [0.2, 0.25) is 0 Å². The van der Waals surface area contributed by atoms with Crippen molar-refractivity contribution in [3.8, 4) is 0 Å². The van der Waals surface area contributed by atoms with E-state index in [4.69, 9.17) is 5.73 Å². The second-order valence-corrected chi connectivity index (χ2v) is 14.7. The Morgan fingerprint density at radius 1 is 0.812 bits per heavy atom. The molecule has 0 amide bonds. The number of para-hydroxylation sites is 1. The van der Waals surface area contributed by atoms with Crippen molar-refractivity contribution in [2.45, 2.75) is 13.0 Å². The predicted molar refractivity (Wildman–Crippen MR) is 214 cm³/mol. The number of nitrogens with two attached hydrogens (primary N) is 1. The number of aromatic nitrogens is 1. The minimum absolute atomic E-state index is 0.928. The molecule has 0 atom stereocenters. The summed E-state index contributed by atoms with van der Waals surface area (Å²) in [4.78, 5) is 4.74. The molecule has 48 heavy (non-hydrogen) atoms. The molecule has 3 aromatic carbocycles. The first kappa shape index (κ1) is 35.1. The van der Waals surface area contributed by atoms with Gasteiger partial charge in [-0.25, -0.2) is 4.57 Å². The molecule has 0 saturated carbocycles. The topological polar surface area (TPSA) is 36.4 Å². The Kier molecular flexibility index (Phi) is 13.4. The number of rotatable bonds is 15. The SMILES string of the molecule is CN(CCSSCCN(C)c1ccc(/C=C/C(/C=C\N)=C2\C=CC=CC2)cc1)Cc1ccc(/C=C/c2cc[n+](C)c3ccccc23)cc1. The van der Waals surface area contributed by atoms with Gasteiger partial charge in [0.15, 0.2) is 6.20 Å². The summed E-state index contributed by atoms with van der Waals surface area (Å²) in [6.07, 6.45) is 23.8. The van der Waals surface area contributed by atoms with Gasteiger partial charge in [-0.05, 0) is 77.3 Å². The second-order valence-electron chi connectivity index (χ2n) is 12.0. The maximum Gasteiger partial charge on any atom is 0.212 e. The Morgan fingerprint density at radius 3 is 2.29 bits per heavy atom. The van der Waals surface area contributed by atoms with Gasteiger partial charge in [-0.3, -0.25) is 0 Å². The summed E-state index contributed by atoms with van der Waals surface area (Å²) in [7, 11) is 10.4. The van der Waals surface area contributed by atoms with Crippen molar-refractivity contribution in [1.82, 2.24) is 4.90 Å². The van der Waals surface area contributed by atoms with Crippen LogP contribution in [0.4, 0.5) is 5.69 Å². The fourth-order valence-corrected chi connectivity index (χ4v) is 7.71. The summed E-state index contributed by atoms with van der Waals surface area (Å²) >= 11 is 0. The van der Waals surface area contributed by atoms with Crippen molar-refractivity contribution in [3.63, 3.8) is 0 Å². The summed E-state index contributed by atoms with van der Waals surface area (Å²) < 4.78 is 2.17. The number of allylic oxidation sites excluding steroid dienone is 8. The third-order valence-electron chi connectivity index (χ3n) is 8.43. The van der Waals surface area contributed by atoms with Crippen LogP contribution in [0.5, 0.6) is 0 Å². The van der Waals surface area contributed by atoms with Crippen LogP contribution < -0.4 is 15.2 Å². The number of benzene rings is 3. The molecule has 1 aromatic heterocycles. The highest BCUT2D eigenvalue weighted by molar-refractivity contribution is 8.76. The molecular formula is C42H47N4S2+. The van der Waals surface area contributed by atoms with Gasteiger partial charge in [0.25, 0.3) is 0 Å². The zero-order valence-corrected chi connectivity index (χ0v) is 30.0. The predicted octanol–water partition coefficient (Wildman–Crippen LogP) is 9.08. The number of aryl methyl sites for hydroxylation is 1. The molecule has 4 aromatic rings. The van der Waals surface area contributed by atoms with Crippen molar-refractivity contribution < 1.29 is 4.57 Å². The van der Waals surface area contributed by atoms with Gasteiger partial charge in [0.1, 0.15) is 7.05 Å². The molecule has 0 fully saturated rings. The Balaban J connectivity index is 0.990. The van der Waals surface area contributed by atoms with E-state index in [0.717, 1.165) is 43.1 Å². The minimum Gasteiger partial charge on any atom is -0.405 e. The van der Waals surface area contributed by atoms with Crippen molar-refractivity contribution in [2.75, 3.05) is 43.6 Å². The highest BCUT2D eigenvalue weighted by Gasteiger charge is 2.07. The lowest BCUT2D eigenvalue weighted by atomic mass is 10.00. The summed E-state index contributed by atoms with van der Waals surface area (Å²) in [5, 5.41) is 1.27. The van der Waals surface area contributed by atoms with Crippen LogP contribution in [-0.2, 0) is 13.6 Å². The molecule has 0 bridgehead atoms. The first-order chi connectivity index (χ1) is 23.5. The Hall–Kier alpha value is -4.23. The molecule has 1 heterocycles. The standard InChI is InChI=1S/C42H47N4S2/c1-44(33-36-15-13-34(14-16-36)18-22-39-26-28-46(3)42-12-8-7-11-41(39)42)29-31-47-48-32-30-45(2)40-23-19-35(20-24-40)17-21-38(25-27-43)37-9-5-4-6-10-37/h4-9,11-28H,10,29-33,43H2,1-3H3/q+1/b21-17+,22-18+,27-25-,38-37-. The lowest BCUT2D eigenvalue weighted by Crippen LogP contribution is -2.28. The van der Waals surface area contributed by atoms with Crippen molar-refractivity contribution >= 4 is 56.4 Å². The first-order valence-corrected chi connectivity index (χ1v) is 19.0. The molecule has 5 rings (SSSR count). The molecule has 0 aliphatic heterocycles. The average Bonchev–Trinajstić information content (AvgIpc) is 3.12. The number of nitrogens with zero attached hydrogens (tertiary/aromatic N) is 3. The van der Waals surface area contributed by atoms with Crippen LogP contribution in [0, 0.1) is 0 Å². The first-order valence-electron chi connectivity index (χ1n) is 16.5. The van der Waals surface area contributed by atoms with Crippen molar-refractivity contribution in [2.24, 2.45) is 12.8 Å². The summed E-state index contributed by atoms with van der Waals surface area (Å²) in [6.45, 7) is 3.04. The number of pyridine rings is 1. The van der Waals surface area contributed by atoms with E-state index in [2.05, 4.69) is 169 Å². The normalized spacial score (nSPS) is 14.3. The summed E-state index contributed by atoms with van der Waals surface area (Å²) in [5.74, 6) is 2.20. The van der Waals surface area contributed by atoms with E-state index in [-0.39, 0.29) is 0 Å². The average molecular weight is 672 g/mol. The minimum atomic E-state index is 0.928. The van der Waals surface area contributed by atoms with E-state index in [9.17, 15) is 0 Å². The van der Waals surface area contributed by atoms with Gasteiger partial charge in [0.05, 0.1) is 5.39 Å².